The number of aliphatic hydroxyl groups is 1. The summed E-state index contributed by atoms with van der Waals surface area (Å²) in [6, 6.07) is 10.4. The molecule has 2 N–H and O–H groups in total. The lowest BCUT2D eigenvalue weighted by Crippen LogP contribution is -2.39. The zero-order valence-corrected chi connectivity index (χ0v) is 14.6. The molecule has 6 nitrogen and oxygen atoms in total. The van der Waals surface area contributed by atoms with E-state index in [4.69, 9.17) is 0 Å². The van der Waals surface area contributed by atoms with Crippen LogP contribution < -0.4 is 5.32 Å². The zero-order chi connectivity index (χ0) is 17.6. The lowest BCUT2D eigenvalue weighted by atomic mass is 10.1. The van der Waals surface area contributed by atoms with Crippen LogP contribution in [0.1, 0.15) is 24.0 Å². The van der Waals surface area contributed by atoms with Crippen LogP contribution >= 0.6 is 0 Å². The zero-order valence-electron chi connectivity index (χ0n) is 14.6. The van der Waals surface area contributed by atoms with Gasteiger partial charge in [-0.3, -0.25) is 14.4 Å². The highest BCUT2D eigenvalue weighted by atomic mass is 16.3. The first-order valence-corrected chi connectivity index (χ1v) is 8.80. The number of nitrogens with zero attached hydrogens (tertiary/aromatic N) is 3. The molecule has 2 aromatic rings. The minimum atomic E-state index is -0.319. The Kier molecular flexibility index (Phi) is 5.83. The molecule has 0 bridgehead atoms. The third-order valence-corrected chi connectivity index (χ3v) is 4.67. The van der Waals surface area contributed by atoms with Crippen LogP contribution in [0.4, 0.5) is 0 Å². The third-order valence-electron chi connectivity index (χ3n) is 4.67. The van der Waals surface area contributed by atoms with Gasteiger partial charge in [0.1, 0.15) is 0 Å². The van der Waals surface area contributed by atoms with E-state index in [0.717, 1.165) is 12.1 Å². The maximum atomic E-state index is 12.1. The second kappa shape index (κ2) is 8.27. The number of likely N-dealkylation sites (tertiary alicyclic amines) is 1. The molecule has 1 aliphatic heterocycles. The third kappa shape index (κ3) is 5.14. The quantitative estimate of drug-likeness (QED) is 0.791. The number of carbonyl (C=O) groups is 1. The van der Waals surface area contributed by atoms with Crippen LogP contribution in [0.15, 0.2) is 42.7 Å². The van der Waals surface area contributed by atoms with Gasteiger partial charge in [0, 0.05) is 45.3 Å². The predicted molar refractivity (Wildman–Crippen MR) is 95.8 cm³/mol. The van der Waals surface area contributed by atoms with Gasteiger partial charge < -0.3 is 10.4 Å². The fourth-order valence-electron chi connectivity index (χ4n) is 3.36. The summed E-state index contributed by atoms with van der Waals surface area (Å²) in [5.74, 6) is 0.0462. The first kappa shape index (κ1) is 17.6. The number of rotatable bonds is 7. The van der Waals surface area contributed by atoms with Gasteiger partial charge in [-0.15, -0.1) is 0 Å². The molecule has 134 valence electrons. The van der Waals surface area contributed by atoms with Crippen molar-refractivity contribution in [2.75, 3.05) is 13.1 Å². The normalized spacial score (nSPS) is 20.7. The number of carbonyl (C=O) groups excluding carboxylic acids is 1. The molecule has 1 aromatic carbocycles. The highest BCUT2D eigenvalue weighted by Crippen LogP contribution is 2.20. The van der Waals surface area contributed by atoms with Crippen molar-refractivity contribution in [3.8, 4) is 0 Å². The van der Waals surface area contributed by atoms with Crippen LogP contribution in [0.2, 0.25) is 0 Å². The van der Waals surface area contributed by atoms with E-state index in [2.05, 4.69) is 27.4 Å². The number of benzene rings is 1. The molecule has 2 heterocycles. The smallest absolute Gasteiger partial charge is 0.220 e. The lowest BCUT2D eigenvalue weighted by Gasteiger charge is -2.24. The molecule has 0 aliphatic carbocycles. The van der Waals surface area contributed by atoms with Crippen LogP contribution in [-0.4, -0.2) is 50.9 Å². The van der Waals surface area contributed by atoms with Gasteiger partial charge in [-0.25, -0.2) is 0 Å². The number of amides is 1. The molecule has 1 aliphatic rings. The molecule has 3 rings (SSSR count). The largest absolute Gasteiger partial charge is 0.392 e. The number of nitrogens with one attached hydrogen (secondary N) is 1. The van der Waals surface area contributed by atoms with Gasteiger partial charge in [0.2, 0.25) is 5.91 Å². The van der Waals surface area contributed by atoms with Crippen molar-refractivity contribution < 1.29 is 9.90 Å². The molecule has 6 heteroatoms. The SMILES string of the molecule is Cn1cc(CCC(=O)NCC2CC(O)CN2Cc2ccccc2)cn1. The van der Waals surface area contributed by atoms with E-state index in [1.165, 1.54) is 5.56 Å². The average Bonchev–Trinajstić information content (AvgIpc) is 3.17. The summed E-state index contributed by atoms with van der Waals surface area (Å²) in [6.07, 6.45) is 5.27. The van der Waals surface area contributed by atoms with Gasteiger partial charge in [-0.2, -0.15) is 5.10 Å². The molecule has 2 unspecified atom stereocenters. The van der Waals surface area contributed by atoms with E-state index >= 15 is 0 Å². The summed E-state index contributed by atoms with van der Waals surface area (Å²) in [5.41, 5.74) is 2.30. The maximum absolute atomic E-state index is 12.1. The molecule has 1 fully saturated rings. The fraction of sp³-hybridized carbons (Fsp3) is 0.474. The molecule has 0 radical (unpaired) electrons. The number of hydrogen-bond donors (Lipinski definition) is 2. The number of aliphatic hydroxyl groups excluding tert-OH is 1. The second-order valence-corrected chi connectivity index (χ2v) is 6.78. The summed E-state index contributed by atoms with van der Waals surface area (Å²) < 4.78 is 1.74. The number of aromatic nitrogens is 2. The van der Waals surface area contributed by atoms with Crippen LogP contribution in [0, 0.1) is 0 Å². The number of β-amino-alcohol motifs (C(OH)–C–C–N with tert-alkyl or cyclic N) is 1. The van der Waals surface area contributed by atoms with E-state index in [9.17, 15) is 9.90 Å². The molecular weight excluding hydrogens is 316 g/mol. The van der Waals surface area contributed by atoms with Crippen molar-refractivity contribution >= 4 is 5.91 Å². The molecule has 1 aromatic heterocycles. The Morgan fingerprint density at radius 3 is 2.84 bits per heavy atom. The molecule has 0 saturated carbocycles. The van der Waals surface area contributed by atoms with Gasteiger partial charge in [-0.05, 0) is 24.0 Å². The predicted octanol–water partition coefficient (Wildman–Crippen LogP) is 1.10. The number of hydrogen-bond acceptors (Lipinski definition) is 4. The molecule has 0 spiro atoms. The van der Waals surface area contributed by atoms with Gasteiger partial charge in [0.15, 0.2) is 0 Å². The highest BCUT2D eigenvalue weighted by Gasteiger charge is 2.30. The molecule has 2 atom stereocenters. The first-order chi connectivity index (χ1) is 12.1. The van der Waals surface area contributed by atoms with E-state index in [0.29, 0.717) is 32.4 Å². The molecule has 1 amide bonds. The minimum absolute atomic E-state index is 0.0462. The van der Waals surface area contributed by atoms with Crippen molar-refractivity contribution in [2.45, 2.75) is 38.0 Å². The maximum Gasteiger partial charge on any atom is 0.220 e. The summed E-state index contributed by atoms with van der Waals surface area (Å²) in [4.78, 5) is 14.4. The highest BCUT2D eigenvalue weighted by molar-refractivity contribution is 5.76. The van der Waals surface area contributed by atoms with E-state index in [1.807, 2.05) is 31.4 Å². The Balaban J connectivity index is 1.46. The van der Waals surface area contributed by atoms with Gasteiger partial charge in [0.25, 0.3) is 0 Å². The minimum Gasteiger partial charge on any atom is -0.392 e. The van der Waals surface area contributed by atoms with Gasteiger partial charge in [-0.1, -0.05) is 30.3 Å². The Hall–Kier alpha value is -2.18. The lowest BCUT2D eigenvalue weighted by molar-refractivity contribution is -0.121. The Morgan fingerprint density at radius 2 is 2.12 bits per heavy atom. The Bertz CT molecular complexity index is 686. The van der Waals surface area contributed by atoms with Crippen LogP contribution in [0.3, 0.4) is 0 Å². The van der Waals surface area contributed by atoms with Crippen molar-refractivity contribution in [3.05, 3.63) is 53.9 Å². The van der Waals surface area contributed by atoms with Crippen LogP contribution in [0.25, 0.3) is 0 Å². The van der Waals surface area contributed by atoms with Crippen LogP contribution in [-0.2, 0) is 24.8 Å². The fourth-order valence-corrected chi connectivity index (χ4v) is 3.36. The van der Waals surface area contributed by atoms with E-state index < -0.39 is 0 Å². The molecule has 25 heavy (non-hydrogen) atoms. The molecule has 1 saturated heterocycles. The average molecular weight is 342 g/mol. The standard InChI is InChI=1S/C19H26N4O2/c1-22-12-16(10-21-22)7-8-19(25)20-11-17-9-18(24)14-23(17)13-15-5-3-2-4-6-15/h2-6,10,12,17-18,24H,7-9,11,13-14H2,1H3,(H,20,25). The van der Waals surface area contributed by atoms with Crippen molar-refractivity contribution in [1.82, 2.24) is 20.0 Å². The summed E-state index contributed by atoms with van der Waals surface area (Å²) in [7, 11) is 1.87. The second-order valence-electron chi connectivity index (χ2n) is 6.78. The van der Waals surface area contributed by atoms with Gasteiger partial charge >= 0.3 is 0 Å². The van der Waals surface area contributed by atoms with Crippen LogP contribution in [0.5, 0.6) is 0 Å². The molecular formula is C19H26N4O2. The first-order valence-electron chi connectivity index (χ1n) is 8.80. The summed E-state index contributed by atoms with van der Waals surface area (Å²) >= 11 is 0. The number of aryl methyl sites for hydroxylation is 2. The Morgan fingerprint density at radius 1 is 1.32 bits per heavy atom. The van der Waals surface area contributed by atoms with Crippen molar-refractivity contribution in [1.29, 1.82) is 0 Å². The van der Waals surface area contributed by atoms with E-state index in [-0.39, 0.29) is 18.1 Å². The topological polar surface area (TPSA) is 70.4 Å². The van der Waals surface area contributed by atoms with Crippen molar-refractivity contribution in [3.63, 3.8) is 0 Å². The monoisotopic (exact) mass is 342 g/mol. The Labute approximate surface area is 148 Å². The summed E-state index contributed by atoms with van der Waals surface area (Å²) in [6.45, 7) is 2.04. The van der Waals surface area contributed by atoms with Crippen molar-refractivity contribution in [2.24, 2.45) is 7.05 Å². The summed E-state index contributed by atoms with van der Waals surface area (Å²) in [5, 5.41) is 17.1. The van der Waals surface area contributed by atoms with Gasteiger partial charge in [0.05, 0.1) is 12.3 Å². The van der Waals surface area contributed by atoms with E-state index in [1.54, 1.807) is 10.9 Å².